The van der Waals surface area contributed by atoms with E-state index < -0.39 is 5.97 Å². The molecule has 0 radical (unpaired) electrons. The number of aliphatic carboxylic acids is 1. The molecule has 1 saturated heterocycles. The maximum Gasteiger partial charge on any atom is 0.307 e. The molecule has 0 aromatic carbocycles. The van der Waals surface area contributed by atoms with Crippen molar-refractivity contribution in [1.29, 1.82) is 0 Å². The number of carbonyl (C=O) groups is 1. The molecule has 0 unspecified atom stereocenters. The van der Waals surface area contributed by atoms with E-state index in [1.165, 1.54) is 6.42 Å². The van der Waals surface area contributed by atoms with Gasteiger partial charge in [0.05, 0.1) is 31.8 Å². The summed E-state index contributed by atoms with van der Waals surface area (Å²) in [6, 6.07) is 0. The summed E-state index contributed by atoms with van der Waals surface area (Å²) in [5, 5.41) is 10.9. The molecular formula is C37H63NO4. The molecule has 11 atom stereocenters. The van der Waals surface area contributed by atoms with Crippen molar-refractivity contribution in [1.82, 2.24) is 0 Å². The van der Waals surface area contributed by atoms with Gasteiger partial charge in [0.1, 0.15) is 0 Å². The predicted octanol–water partition coefficient (Wildman–Crippen LogP) is 8.11. The van der Waals surface area contributed by atoms with Crippen molar-refractivity contribution >= 4 is 5.97 Å². The van der Waals surface area contributed by atoms with Gasteiger partial charge in [-0.15, -0.1) is 0 Å². The third kappa shape index (κ3) is 4.28. The van der Waals surface area contributed by atoms with Gasteiger partial charge in [0.2, 0.25) is 0 Å². The number of nitrogens with two attached hydrogens (primary N) is 1. The molecule has 5 heteroatoms. The molecule has 1 aliphatic heterocycles. The van der Waals surface area contributed by atoms with Crippen molar-refractivity contribution in [3.05, 3.63) is 11.6 Å². The van der Waals surface area contributed by atoms with E-state index in [2.05, 4.69) is 75.3 Å². The first-order valence-corrected chi connectivity index (χ1v) is 17.4. The highest BCUT2D eigenvalue weighted by Gasteiger charge is 2.71. The van der Waals surface area contributed by atoms with Crippen molar-refractivity contribution in [2.45, 2.75) is 132 Å². The second-order valence-electron chi connectivity index (χ2n) is 17.3. The maximum atomic E-state index is 13.3. The van der Waals surface area contributed by atoms with Crippen LogP contribution in [-0.4, -0.2) is 42.5 Å². The second-order valence-corrected chi connectivity index (χ2v) is 17.3. The Morgan fingerprint density at radius 2 is 1.76 bits per heavy atom. The molecular weight excluding hydrogens is 522 g/mol. The smallest absolute Gasteiger partial charge is 0.307 e. The molecule has 5 rings (SSSR count). The van der Waals surface area contributed by atoms with Gasteiger partial charge >= 0.3 is 5.97 Å². The van der Waals surface area contributed by atoms with Crippen LogP contribution in [0.3, 0.4) is 0 Å². The fourth-order valence-corrected chi connectivity index (χ4v) is 12.1. The summed E-state index contributed by atoms with van der Waals surface area (Å²) < 4.78 is 13.5. The van der Waals surface area contributed by atoms with Crippen LogP contribution in [0.25, 0.3) is 0 Å². The van der Waals surface area contributed by atoms with Crippen molar-refractivity contribution in [3.63, 3.8) is 0 Å². The topological polar surface area (TPSA) is 81.8 Å². The highest BCUT2D eigenvalue weighted by atomic mass is 16.5. The Morgan fingerprint density at radius 3 is 2.36 bits per heavy atom. The highest BCUT2D eigenvalue weighted by Crippen LogP contribution is 2.75. The summed E-state index contributed by atoms with van der Waals surface area (Å²) in [4.78, 5) is 13.3. The number of hydrogen-bond acceptors (Lipinski definition) is 4. The van der Waals surface area contributed by atoms with Crippen molar-refractivity contribution < 1.29 is 19.4 Å². The zero-order chi connectivity index (χ0) is 31.1. The van der Waals surface area contributed by atoms with Crippen molar-refractivity contribution in [2.75, 3.05) is 19.8 Å². The van der Waals surface area contributed by atoms with Crippen LogP contribution in [-0.2, 0) is 14.3 Å². The van der Waals surface area contributed by atoms with E-state index in [1.807, 2.05) is 0 Å². The fourth-order valence-electron chi connectivity index (χ4n) is 12.1. The summed E-state index contributed by atoms with van der Waals surface area (Å²) in [6.07, 6.45) is 10.9. The monoisotopic (exact) mass is 585 g/mol. The lowest BCUT2D eigenvalue weighted by atomic mass is 9.34. The van der Waals surface area contributed by atoms with Crippen LogP contribution < -0.4 is 5.73 Å². The van der Waals surface area contributed by atoms with E-state index >= 15 is 0 Å². The third-order valence-corrected chi connectivity index (χ3v) is 15.3. The molecule has 3 N–H and O–H groups in total. The first-order chi connectivity index (χ1) is 19.5. The lowest BCUT2D eigenvalue weighted by Crippen LogP contribution is -2.69. The van der Waals surface area contributed by atoms with Gasteiger partial charge in [0.15, 0.2) is 0 Å². The quantitative estimate of drug-likeness (QED) is 0.281. The van der Waals surface area contributed by atoms with E-state index in [9.17, 15) is 9.90 Å². The minimum absolute atomic E-state index is 0.0273. The van der Waals surface area contributed by atoms with Crippen molar-refractivity contribution in [2.24, 2.45) is 68.3 Å². The fraction of sp³-hybridized carbons (Fsp3) is 0.919. The lowest BCUT2D eigenvalue weighted by molar-refractivity contribution is -0.252. The molecule has 240 valence electrons. The largest absolute Gasteiger partial charge is 0.481 e. The van der Waals surface area contributed by atoms with E-state index in [0.717, 1.165) is 58.2 Å². The Morgan fingerprint density at radius 1 is 1.10 bits per heavy atom. The molecule has 3 saturated carbocycles. The van der Waals surface area contributed by atoms with E-state index in [-0.39, 0.29) is 44.6 Å². The van der Waals surface area contributed by atoms with Crippen LogP contribution in [0.15, 0.2) is 11.6 Å². The Balaban J connectivity index is 1.53. The molecule has 5 aliphatic rings. The summed E-state index contributed by atoms with van der Waals surface area (Å²) >= 11 is 0. The molecule has 5 nitrogen and oxygen atoms in total. The summed E-state index contributed by atoms with van der Waals surface area (Å²) in [5.74, 6) is 1.24. The molecule has 4 fully saturated rings. The van der Waals surface area contributed by atoms with Crippen LogP contribution in [0.2, 0.25) is 0 Å². The van der Waals surface area contributed by atoms with Crippen LogP contribution in [0, 0.1) is 62.6 Å². The summed E-state index contributed by atoms with van der Waals surface area (Å²) in [7, 11) is 0. The summed E-state index contributed by atoms with van der Waals surface area (Å²) in [5.41, 5.74) is 7.52. The van der Waals surface area contributed by atoms with Gasteiger partial charge < -0.3 is 20.3 Å². The molecule has 42 heavy (non-hydrogen) atoms. The molecule has 2 bridgehead atoms. The normalized spacial score (nSPS) is 47.6. The number of carboxylic acid groups (broad SMARTS) is 1. The first kappa shape index (κ1) is 32.5. The van der Waals surface area contributed by atoms with Crippen LogP contribution >= 0.6 is 0 Å². The average molecular weight is 586 g/mol. The van der Waals surface area contributed by atoms with Gasteiger partial charge in [-0.3, -0.25) is 4.79 Å². The van der Waals surface area contributed by atoms with Gasteiger partial charge in [-0.05, 0) is 97.2 Å². The number of fused-ring (bicyclic) bond motifs is 3. The second kappa shape index (κ2) is 10.6. The van der Waals surface area contributed by atoms with Gasteiger partial charge in [-0.25, -0.2) is 0 Å². The third-order valence-electron chi connectivity index (χ3n) is 15.3. The minimum atomic E-state index is -0.586. The zero-order valence-corrected chi connectivity index (χ0v) is 28.6. The molecule has 4 aliphatic carbocycles. The molecule has 0 spiro atoms. The van der Waals surface area contributed by atoms with Gasteiger partial charge in [0.25, 0.3) is 0 Å². The SMILES string of the molecule is CCC(N)(CC)CO[C@H]1[C@H](C)C[C@@]23COC[C@]1(C)[C@@H]2CC[C@H]1C3=CC[C@@]2(C)[C@H](C(=O)O)[C@@](C)([C@H](C)C(C)C)CC[C@]12C. The van der Waals surface area contributed by atoms with Crippen LogP contribution in [0.5, 0.6) is 0 Å². The molecule has 0 aromatic heterocycles. The Kier molecular flexibility index (Phi) is 8.18. The Hall–Kier alpha value is -0.910. The summed E-state index contributed by atoms with van der Waals surface area (Å²) in [6.45, 7) is 25.3. The van der Waals surface area contributed by atoms with Crippen LogP contribution in [0.4, 0.5) is 0 Å². The number of hydrogen-bond donors (Lipinski definition) is 2. The van der Waals surface area contributed by atoms with Gasteiger partial charge in [0, 0.05) is 16.4 Å². The van der Waals surface area contributed by atoms with Crippen molar-refractivity contribution in [3.8, 4) is 0 Å². The highest BCUT2D eigenvalue weighted by molar-refractivity contribution is 5.73. The van der Waals surface area contributed by atoms with Gasteiger partial charge in [-0.2, -0.15) is 0 Å². The maximum absolute atomic E-state index is 13.3. The Labute approximate surface area is 257 Å². The number of carboxylic acids is 1. The minimum Gasteiger partial charge on any atom is -0.481 e. The predicted molar refractivity (Wildman–Crippen MR) is 170 cm³/mol. The van der Waals surface area contributed by atoms with E-state index in [0.29, 0.717) is 36.2 Å². The standard InChI is InChI=1S/C37H63NO4/c1-11-36(38,12-2)21-42-30-24(5)19-37-22-41-20-33(30,8)28(37)14-13-26-27(37)15-16-35(10)29(31(39)40)32(7,25(6)23(3)4)17-18-34(26,35)9/h15,23-26,28-30H,11-14,16-22,38H2,1-10H3,(H,39,40)/t24-,25-,26+,28+,29-,30+,32-,33-,34-,35+,37+/m1/s1. The molecule has 0 aromatic rings. The number of rotatable bonds is 8. The van der Waals surface area contributed by atoms with E-state index in [1.54, 1.807) is 5.57 Å². The average Bonchev–Trinajstić information content (AvgIpc) is 2.92. The molecule has 1 heterocycles. The van der Waals surface area contributed by atoms with Crippen LogP contribution in [0.1, 0.15) is 121 Å². The van der Waals surface area contributed by atoms with Gasteiger partial charge in [-0.1, -0.05) is 80.9 Å². The number of ether oxygens (including phenoxy) is 2. The number of allylic oxidation sites excluding steroid dienone is 1. The zero-order valence-electron chi connectivity index (χ0n) is 28.6. The Bertz CT molecular complexity index is 1080. The molecule has 0 amide bonds. The first-order valence-electron chi connectivity index (χ1n) is 17.4. The lowest BCUT2D eigenvalue weighted by Gasteiger charge is -2.71. The van der Waals surface area contributed by atoms with E-state index in [4.69, 9.17) is 15.2 Å².